The lowest BCUT2D eigenvalue weighted by molar-refractivity contribution is -0.144. The topological polar surface area (TPSA) is 29.9 Å². The fraction of sp³-hybridized carbons (Fsp3) is 0.667. The maximum atomic E-state index is 12.4. The highest BCUT2D eigenvalue weighted by Crippen LogP contribution is 2.29. The first-order valence-electron chi connectivity index (χ1n) is 4.87. The van der Waals surface area contributed by atoms with Gasteiger partial charge in [-0.05, 0) is 31.5 Å². The number of aryl methyl sites for hydroxylation is 1. The van der Waals surface area contributed by atoms with Gasteiger partial charge in [-0.2, -0.15) is 18.3 Å². The standard InChI is InChI=1S/C9H12F3N3/c10-9(11,12)8-1-3-14-15(8)4-2-7-5-13-6-7/h1,3,7,13H,2,4-6H2. The lowest BCUT2D eigenvalue weighted by Crippen LogP contribution is -2.42. The van der Waals surface area contributed by atoms with Crippen LogP contribution in [0.25, 0.3) is 0 Å². The quantitative estimate of drug-likeness (QED) is 0.835. The highest BCUT2D eigenvalue weighted by Gasteiger charge is 2.34. The van der Waals surface area contributed by atoms with Gasteiger partial charge in [0, 0.05) is 12.7 Å². The third-order valence-corrected chi connectivity index (χ3v) is 2.62. The molecule has 0 atom stereocenters. The van der Waals surface area contributed by atoms with Crippen LogP contribution in [-0.2, 0) is 12.7 Å². The van der Waals surface area contributed by atoms with Gasteiger partial charge in [-0.3, -0.25) is 4.68 Å². The fourth-order valence-electron chi connectivity index (χ4n) is 1.61. The van der Waals surface area contributed by atoms with Crippen molar-refractivity contribution in [3.8, 4) is 0 Å². The monoisotopic (exact) mass is 219 g/mol. The largest absolute Gasteiger partial charge is 0.433 e. The van der Waals surface area contributed by atoms with E-state index < -0.39 is 11.9 Å². The van der Waals surface area contributed by atoms with Crippen LogP contribution >= 0.6 is 0 Å². The summed E-state index contributed by atoms with van der Waals surface area (Å²) in [4.78, 5) is 0. The van der Waals surface area contributed by atoms with Crippen LogP contribution in [0.4, 0.5) is 13.2 Å². The molecule has 2 rings (SSSR count). The van der Waals surface area contributed by atoms with Crippen LogP contribution in [0.1, 0.15) is 12.1 Å². The smallest absolute Gasteiger partial charge is 0.316 e. The Balaban J connectivity index is 1.98. The number of hydrogen-bond acceptors (Lipinski definition) is 2. The van der Waals surface area contributed by atoms with Crippen molar-refractivity contribution in [1.82, 2.24) is 15.1 Å². The Morgan fingerprint density at radius 3 is 2.73 bits per heavy atom. The van der Waals surface area contributed by atoms with E-state index in [1.807, 2.05) is 0 Å². The Hall–Kier alpha value is -1.04. The summed E-state index contributed by atoms with van der Waals surface area (Å²) in [6.07, 6.45) is -2.35. The van der Waals surface area contributed by atoms with Gasteiger partial charge in [-0.15, -0.1) is 0 Å². The summed E-state index contributed by atoms with van der Waals surface area (Å²) in [6, 6.07) is 1.01. The molecule has 0 amide bonds. The van der Waals surface area contributed by atoms with Gasteiger partial charge in [0.15, 0.2) is 0 Å². The number of rotatable bonds is 3. The summed E-state index contributed by atoms with van der Waals surface area (Å²) in [6.45, 7) is 2.15. The molecule has 0 aliphatic carbocycles. The van der Waals surface area contributed by atoms with Crippen molar-refractivity contribution in [3.05, 3.63) is 18.0 Å². The second-order valence-corrected chi connectivity index (χ2v) is 3.75. The van der Waals surface area contributed by atoms with E-state index in [0.29, 0.717) is 12.5 Å². The molecular weight excluding hydrogens is 207 g/mol. The van der Waals surface area contributed by atoms with E-state index in [0.717, 1.165) is 30.3 Å². The molecule has 1 N–H and O–H groups in total. The number of halogens is 3. The molecule has 0 saturated carbocycles. The van der Waals surface area contributed by atoms with Crippen LogP contribution in [0.5, 0.6) is 0 Å². The summed E-state index contributed by atoms with van der Waals surface area (Å²) >= 11 is 0. The molecule has 0 spiro atoms. The maximum Gasteiger partial charge on any atom is 0.433 e. The Kier molecular flexibility index (Phi) is 2.68. The van der Waals surface area contributed by atoms with Crippen molar-refractivity contribution in [1.29, 1.82) is 0 Å². The first-order chi connectivity index (χ1) is 7.07. The molecule has 0 aromatic carbocycles. The molecular formula is C9H12F3N3. The molecule has 15 heavy (non-hydrogen) atoms. The predicted octanol–water partition coefficient (Wildman–Crippen LogP) is 1.51. The minimum atomic E-state index is -4.30. The summed E-state index contributed by atoms with van der Waals surface area (Å²) in [5.41, 5.74) is -0.658. The van der Waals surface area contributed by atoms with Gasteiger partial charge in [0.25, 0.3) is 0 Å². The molecule has 1 aromatic heterocycles. The third kappa shape index (κ3) is 2.31. The van der Waals surface area contributed by atoms with Crippen molar-refractivity contribution in [3.63, 3.8) is 0 Å². The van der Waals surface area contributed by atoms with Gasteiger partial charge < -0.3 is 5.32 Å². The Morgan fingerprint density at radius 2 is 2.20 bits per heavy atom. The normalized spacial score (nSPS) is 17.8. The number of nitrogens with one attached hydrogen (secondary N) is 1. The molecule has 0 bridgehead atoms. The van der Waals surface area contributed by atoms with Crippen molar-refractivity contribution in [2.45, 2.75) is 19.1 Å². The predicted molar refractivity (Wildman–Crippen MR) is 48.2 cm³/mol. The van der Waals surface area contributed by atoms with Crippen LogP contribution in [-0.4, -0.2) is 22.9 Å². The van der Waals surface area contributed by atoms with Gasteiger partial charge in [0.05, 0.1) is 0 Å². The number of alkyl halides is 3. The summed E-state index contributed by atoms with van der Waals surface area (Å²) < 4.78 is 38.3. The first-order valence-corrected chi connectivity index (χ1v) is 4.87. The van der Waals surface area contributed by atoms with E-state index >= 15 is 0 Å². The minimum absolute atomic E-state index is 0.341. The summed E-state index contributed by atoms with van der Waals surface area (Å²) in [7, 11) is 0. The van der Waals surface area contributed by atoms with Crippen molar-refractivity contribution >= 4 is 0 Å². The van der Waals surface area contributed by atoms with Crippen molar-refractivity contribution in [2.75, 3.05) is 13.1 Å². The lowest BCUT2D eigenvalue weighted by Gasteiger charge is -2.27. The average Bonchev–Trinajstić information content (AvgIpc) is 2.48. The lowest BCUT2D eigenvalue weighted by atomic mass is 10.00. The van der Waals surface area contributed by atoms with E-state index in [4.69, 9.17) is 0 Å². The second-order valence-electron chi connectivity index (χ2n) is 3.75. The van der Waals surface area contributed by atoms with Crippen LogP contribution < -0.4 is 5.32 Å². The molecule has 3 nitrogen and oxygen atoms in total. The van der Waals surface area contributed by atoms with Gasteiger partial charge in [0.2, 0.25) is 0 Å². The zero-order valence-corrected chi connectivity index (χ0v) is 8.09. The molecule has 0 radical (unpaired) electrons. The maximum absolute atomic E-state index is 12.4. The molecule has 0 unspecified atom stereocenters. The van der Waals surface area contributed by atoms with E-state index in [-0.39, 0.29) is 0 Å². The minimum Gasteiger partial charge on any atom is -0.316 e. The van der Waals surface area contributed by atoms with E-state index in [9.17, 15) is 13.2 Å². The zero-order valence-electron chi connectivity index (χ0n) is 8.09. The van der Waals surface area contributed by atoms with Crippen molar-refractivity contribution in [2.24, 2.45) is 5.92 Å². The van der Waals surface area contributed by atoms with Gasteiger partial charge in [-0.25, -0.2) is 0 Å². The molecule has 1 saturated heterocycles. The Morgan fingerprint density at radius 1 is 1.47 bits per heavy atom. The Labute approximate surface area is 85.3 Å². The second kappa shape index (κ2) is 3.84. The number of aromatic nitrogens is 2. The van der Waals surface area contributed by atoms with Gasteiger partial charge in [0.1, 0.15) is 5.69 Å². The van der Waals surface area contributed by atoms with Crippen LogP contribution in [0.3, 0.4) is 0 Å². The van der Waals surface area contributed by atoms with Gasteiger partial charge in [-0.1, -0.05) is 0 Å². The molecule has 1 aromatic rings. The van der Waals surface area contributed by atoms with Crippen LogP contribution in [0.15, 0.2) is 12.3 Å². The number of nitrogens with zero attached hydrogens (tertiary/aromatic N) is 2. The van der Waals surface area contributed by atoms with Gasteiger partial charge >= 0.3 is 6.18 Å². The highest BCUT2D eigenvalue weighted by atomic mass is 19.4. The highest BCUT2D eigenvalue weighted by molar-refractivity contribution is 5.04. The average molecular weight is 219 g/mol. The molecule has 1 fully saturated rings. The summed E-state index contributed by atoms with van der Waals surface area (Å²) in [5.74, 6) is 0.496. The van der Waals surface area contributed by atoms with Crippen LogP contribution in [0, 0.1) is 5.92 Å². The fourth-order valence-corrected chi connectivity index (χ4v) is 1.61. The first kappa shape index (κ1) is 10.5. The molecule has 6 heteroatoms. The molecule has 84 valence electrons. The third-order valence-electron chi connectivity index (χ3n) is 2.62. The molecule has 2 heterocycles. The van der Waals surface area contributed by atoms with Crippen LogP contribution in [0.2, 0.25) is 0 Å². The number of hydrogen-bond donors (Lipinski definition) is 1. The zero-order chi connectivity index (χ0) is 10.9. The van der Waals surface area contributed by atoms with E-state index in [2.05, 4.69) is 10.4 Å². The van der Waals surface area contributed by atoms with Crippen molar-refractivity contribution < 1.29 is 13.2 Å². The SMILES string of the molecule is FC(F)(F)c1ccnn1CCC1CNC1. The molecule has 1 aliphatic heterocycles. The summed E-state index contributed by atoms with van der Waals surface area (Å²) in [5, 5.41) is 6.77. The van der Waals surface area contributed by atoms with E-state index in [1.54, 1.807) is 0 Å². The Bertz CT molecular complexity index is 328. The molecule has 1 aliphatic rings. The van der Waals surface area contributed by atoms with E-state index in [1.165, 1.54) is 6.20 Å².